The predicted molar refractivity (Wildman–Crippen MR) is 78.4 cm³/mol. The largest absolute Gasteiger partial charge is 0.495 e. The summed E-state index contributed by atoms with van der Waals surface area (Å²) in [5.41, 5.74) is 0.410. The summed E-state index contributed by atoms with van der Waals surface area (Å²) in [6.07, 6.45) is 5.12. The van der Waals surface area contributed by atoms with E-state index < -0.39 is 12.0 Å². The van der Waals surface area contributed by atoms with Crippen LogP contribution in [0.3, 0.4) is 0 Å². The second kappa shape index (κ2) is 6.63. The van der Waals surface area contributed by atoms with E-state index in [-0.39, 0.29) is 11.8 Å². The minimum atomic E-state index is -1.13. The van der Waals surface area contributed by atoms with Gasteiger partial charge in [0.15, 0.2) is 6.04 Å². The molecule has 1 aliphatic rings. The number of carbonyl (C=O) groups excluding carboxylic acids is 1. The number of hydrogen-bond donors (Lipinski definition) is 2. The minimum Gasteiger partial charge on any atom is -0.495 e. The minimum absolute atomic E-state index is 0.194. The van der Waals surface area contributed by atoms with Gasteiger partial charge in [-0.05, 0) is 30.5 Å². The van der Waals surface area contributed by atoms with Crippen LogP contribution in [0.4, 0.5) is 0 Å². The Morgan fingerprint density at radius 3 is 2.57 bits per heavy atom. The van der Waals surface area contributed by atoms with Crippen LogP contribution in [0.1, 0.15) is 24.4 Å². The van der Waals surface area contributed by atoms with Crippen LogP contribution in [0.5, 0.6) is 5.75 Å². The molecule has 6 heteroatoms. The first-order chi connectivity index (χ1) is 10.0. The van der Waals surface area contributed by atoms with Crippen LogP contribution in [0, 0.1) is 5.92 Å². The van der Waals surface area contributed by atoms with E-state index in [0.29, 0.717) is 29.2 Å². The maximum absolute atomic E-state index is 12.1. The lowest BCUT2D eigenvalue weighted by molar-refractivity contribution is -0.142. The molecule has 0 spiro atoms. The molecule has 112 valence electrons. The molecule has 0 saturated carbocycles. The maximum atomic E-state index is 12.1. The van der Waals surface area contributed by atoms with Crippen LogP contribution >= 0.6 is 11.6 Å². The van der Waals surface area contributed by atoms with Crippen LogP contribution in [-0.2, 0) is 9.59 Å². The molecule has 1 atom stereocenters. The van der Waals surface area contributed by atoms with Gasteiger partial charge in [0, 0.05) is 5.92 Å². The highest BCUT2D eigenvalue weighted by molar-refractivity contribution is 6.32. The Kier molecular flexibility index (Phi) is 4.85. The van der Waals surface area contributed by atoms with Gasteiger partial charge in [0.1, 0.15) is 5.75 Å². The third kappa shape index (κ3) is 3.55. The van der Waals surface area contributed by atoms with Gasteiger partial charge >= 0.3 is 5.97 Å². The van der Waals surface area contributed by atoms with E-state index in [9.17, 15) is 14.7 Å². The molecule has 0 aromatic heterocycles. The summed E-state index contributed by atoms with van der Waals surface area (Å²) in [5, 5.41) is 12.2. The molecule has 1 unspecified atom stereocenters. The summed E-state index contributed by atoms with van der Waals surface area (Å²) in [7, 11) is 1.48. The average molecular weight is 310 g/mol. The molecule has 1 aromatic rings. The monoisotopic (exact) mass is 309 g/mol. The van der Waals surface area contributed by atoms with E-state index in [4.69, 9.17) is 16.3 Å². The lowest BCUT2D eigenvalue weighted by atomic mass is 10.0. The second-order valence-electron chi connectivity index (χ2n) is 4.81. The molecule has 0 saturated heterocycles. The van der Waals surface area contributed by atoms with Crippen molar-refractivity contribution >= 4 is 23.5 Å². The highest BCUT2D eigenvalue weighted by atomic mass is 35.5. The molecule has 0 bridgehead atoms. The molecule has 5 nitrogen and oxygen atoms in total. The Hall–Kier alpha value is -2.01. The average Bonchev–Trinajstić information content (AvgIpc) is 2.98. The molecule has 1 aliphatic carbocycles. The summed E-state index contributed by atoms with van der Waals surface area (Å²) < 4.78 is 5.03. The van der Waals surface area contributed by atoms with Gasteiger partial charge in [-0.25, -0.2) is 4.79 Å². The molecule has 0 heterocycles. The zero-order chi connectivity index (χ0) is 15.4. The van der Waals surface area contributed by atoms with E-state index in [1.54, 1.807) is 12.1 Å². The van der Waals surface area contributed by atoms with Crippen molar-refractivity contribution in [1.29, 1.82) is 0 Å². The standard InChI is InChI=1S/C15H16ClNO4/c1-21-12-7-6-10(8-11(12)16)13(15(19)20)17-14(18)9-4-2-3-5-9/h2-3,6-9,13H,4-5H2,1H3,(H,17,18)(H,19,20). The van der Waals surface area contributed by atoms with E-state index in [0.717, 1.165) is 0 Å². The van der Waals surface area contributed by atoms with Gasteiger partial charge in [-0.1, -0.05) is 29.8 Å². The number of allylic oxidation sites excluding steroid dienone is 2. The fraction of sp³-hybridized carbons (Fsp3) is 0.333. The van der Waals surface area contributed by atoms with Crippen molar-refractivity contribution < 1.29 is 19.4 Å². The number of methoxy groups -OCH3 is 1. The van der Waals surface area contributed by atoms with Gasteiger partial charge in [-0.2, -0.15) is 0 Å². The van der Waals surface area contributed by atoms with Gasteiger partial charge in [-0.3, -0.25) is 4.79 Å². The van der Waals surface area contributed by atoms with Crippen LogP contribution in [0.25, 0.3) is 0 Å². The third-order valence-corrected chi connectivity index (χ3v) is 3.72. The Morgan fingerprint density at radius 2 is 2.05 bits per heavy atom. The number of carboxylic acid groups (broad SMARTS) is 1. The summed E-state index contributed by atoms with van der Waals surface area (Å²) in [6.45, 7) is 0. The zero-order valence-electron chi connectivity index (χ0n) is 11.5. The number of nitrogens with one attached hydrogen (secondary N) is 1. The molecule has 0 fully saturated rings. The molecular weight excluding hydrogens is 294 g/mol. The zero-order valence-corrected chi connectivity index (χ0v) is 12.3. The highest BCUT2D eigenvalue weighted by Crippen LogP contribution is 2.28. The fourth-order valence-corrected chi connectivity index (χ4v) is 2.51. The van der Waals surface area contributed by atoms with Crippen molar-refractivity contribution in [3.05, 3.63) is 40.9 Å². The van der Waals surface area contributed by atoms with Crippen LogP contribution in [0.2, 0.25) is 5.02 Å². The van der Waals surface area contributed by atoms with Gasteiger partial charge in [0.25, 0.3) is 0 Å². The van der Waals surface area contributed by atoms with Gasteiger partial charge in [0.05, 0.1) is 12.1 Å². The summed E-state index contributed by atoms with van der Waals surface area (Å²) in [6, 6.07) is 3.53. The summed E-state index contributed by atoms with van der Waals surface area (Å²) >= 11 is 6.00. The molecule has 1 amide bonds. The molecule has 0 aliphatic heterocycles. The topological polar surface area (TPSA) is 75.6 Å². The number of halogens is 1. The van der Waals surface area contributed by atoms with Crippen LogP contribution < -0.4 is 10.1 Å². The lowest BCUT2D eigenvalue weighted by Gasteiger charge is -2.18. The Balaban J connectivity index is 2.17. The number of carboxylic acids is 1. The van der Waals surface area contributed by atoms with Crippen molar-refractivity contribution in [2.45, 2.75) is 18.9 Å². The number of hydrogen-bond acceptors (Lipinski definition) is 3. The van der Waals surface area contributed by atoms with E-state index in [1.807, 2.05) is 12.2 Å². The van der Waals surface area contributed by atoms with E-state index in [1.165, 1.54) is 13.2 Å². The molecule has 2 rings (SSSR count). The van der Waals surface area contributed by atoms with Gasteiger partial charge in [-0.15, -0.1) is 0 Å². The SMILES string of the molecule is COc1ccc(C(NC(=O)C2CC=CC2)C(=O)O)cc1Cl. The Bertz CT molecular complexity index is 577. The van der Waals surface area contributed by atoms with E-state index >= 15 is 0 Å². The highest BCUT2D eigenvalue weighted by Gasteiger charge is 2.27. The Labute approximate surface area is 127 Å². The first-order valence-electron chi connectivity index (χ1n) is 6.54. The van der Waals surface area contributed by atoms with Gasteiger partial charge in [0.2, 0.25) is 5.91 Å². The number of benzene rings is 1. The fourth-order valence-electron chi connectivity index (χ4n) is 2.24. The number of aliphatic carboxylic acids is 1. The molecular formula is C15H16ClNO4. The first kappa shape index (κ1) is 15.4. The Morgan fingerprint density at radius 1 is 1.38 bits per heavy atom. The first-order valence-corrected chi connectivity index (χ1v) is 6.92. The molecule has 2 N–H and O–H groups in total. The van der Waals surface area contributed by atoms with Crippen molar-refractivity contribution in [2.75, 3.05) is 7.11 Å². The second-order valence-corrected chi connectivity index (χ2v) is 5.22. The summed E-state index contributed by atoms with van der Waals surface area (Å²) in [4.78, 5) is 23.5. The predicted octanol–water partition coefficient (Wildman–Crippen LogP) is 2.56. The third-order valence-electron chi connectivity index (χ3n) is 3.42. The summed E-state index contributed by atoms with van der Waals surface area (Å²) in [5.74, 6) is -1.13. The smallest absolute Gasteiger partial charge is 0.330 e. The van der Waals surface area contributed by atoms with Gasteiger partial charge < -0.3 is 15.2 Å². The normalized spacial score (nSPS) is 15.7. The van der Waals surface area contributed by atoms with Crippen LogP contribution in [0.15, 0.2) is 30.4 Å². The molecule has 1 aromatic carbocycles. The quantitative estimate of drug-likeness (QED) is 0.820. The maximum Gasteiger partial charge on any atom is 0.330 e. The number of carbonyl (C=O) groups is 2. The van der Waals surface area contributed by atoms with Crippen LogP contribution in [-0.4, -0.2) is 24.1 Å². The van der Waals surface area contributed by atoms with Crippen molar-refractivity contribution in [3.63, 3.8) is 0 Å². The molecule has 21 heavy (non-hydrogen) atoms. The lowest BCUT2D eigenvalue weighted by Crippen LogP contribution is -2.37. The number of ether oxygens (including phenoxy) is 1. The van der Waals surface area contributed by atoms with Crippen molar-refractivity contribution in [1.82, 2.24) is 5.32 Å². The molecule has 0 radical (unpaired) electrons. The number of amides is 1. The van der Waals surface area contributed by atoms with E-state index in [2.05, 4.69) is 5.32 Å². The number of rotatable bonds is 5. The van der Waals surface area contributed by atoms with Crippen molar-refractivity contribution in [3.8, 4) is 5.75 Å². The van der Waals surface area contributed by atoms with Crippen molar-refractivity contribution in [2.24, 2.45) is 5.92 Å².